The van der Waals surface area contributed by atoms with Gasteiger partial charge in [-0.2, -0.15) is 0 Å². The van der Waals surface area contributed by atoms with Gasteiger partial charge in [0.1, 0.15) is 18.1 Å². The van der Waals surface area contributed by atoms with Crippen molar-refractivity contribution < 1.29 is 9.59 Å². The average Bonchev–Trinajstić information content (AvgIpc) is 3.50. The molecule has 0 aliphatic heterocycles. The highest BCUT2D eigenvalue weighted by molar-refractivity contribution is 7.09. The first kappa shape index (κ1) is 24.6. The monoisotopic (exact) mass is 489 g/mol. The van der Waals surface area contributed by atoms with Crippen molar-refractivity contribution in [2.75, 3.05) is 0 Å². The van der Waals surface area contributed by atoms with Gasteiger partial charge in [-0.3, -0.25) is 9.59 Å². The second kappa shape index (κ2) is 10.4. The summed E-state index contributed by atoms with van der Waals surface area (Å²) in [4.78, 5) is 30.4. The van der Waals surface area contributed by atoms with Gasteiger partial charge in [0, 0.05) is 10.4 Å². The van der Waals surface area contributed by atoms with E-state index in [1.807, 2.05) is 93.7 Å². The maximum atomic E-state index is 13.9. The summed E-state index contributed by atoms with van der Waals surface area (Å²) >= 11 is 1.56. The Balaban J connectivity index is 1.76. The molecule has 7 nitrogen and oxygen atoms in total. The van der Waals surface area contributed by atoms with Gasteiger partial charge in [0.05, 0.1) is 12.1 Å². The number of nitrogens with one attached hydrogen (secondary N) is 1. The normalized spacial score (nSPS) is 12.5. The van der Waals surface area contributed by atoms with Crippen molar-refractivity contribution in [1.82, 2.24) is 25.2 Å². The van der Waals surface area contributed by atoms with E-state index in [1.54, 1.807) is 20.9 Å². The quantitative estimate of drug-likeness (QED) is 0.364. The van der Waals surface area contributed by atoms with E-state index in [2.05, 4.69) is 15.6 Å². The summed E-state index contributed by atoms with van der Waals surface area (Å²) in [6, 6.07) is 18.4. The molecule has 0 bridgehead atoms. The number of rotatable bonds is 9. The SMILES string of the molecule is CCC(C)(C)NC(=O)[C@@H](c1ccccc1C)N(Cc1cccs1)C(=O)Cn1nnc2ccccc21. The second-order valence-corrected chi connectivity index (χ2v) is 10.4. The Kier molecular flexibility index (Phi) is 7.31. The molecule has 0 aliphatic carbocycles. The van der Waals surface area contributed by atoms with Crippen molar-refractivity contribution in [1.29, 1.82) is 0 Å². The summed E-state index contributed by atoms with van der Waals surface area (Å²) in [5, 5.41) is 13.5. The number of carbonyl (C=O) groups is 2. The molecule has 4 aromatic rings. The Hall–Kier alpha value is -3.52. The molecular formula is C27H31N5O2S. The van der Waals surface area contributed by atoms with Gasteiger partial charge in [-0.15, -0.1) is 16.4 Å². The fourth-order valence-electron chi connectivity index (χ4n) is 3.98. The summed E-state index contributed by atoms with van der Waals surface area (Å²) < 4.78 is 1.60. The highest BCUT2D eigenvalue weighted by atomic mass is 32.1. The lowest BCUT2D eigenvalue weighted by Gasteiger charge is -2.35. The van der Waals surface area contributed by atoms with Crippen LogP contribution in [-0.2, 0) is 22.7 Å². The Morgan fingerprint density at radius 2 is 1.83 bits per heavy atom. The van der Waals surface area contributed by atoms with Crippen molar-refractivity contribution in [3.8, 4) is 0 Å². The highest BCUT2D eigenvalue weighted by Crippen LogP contribution is 2.29. The van der Waals surface area contributed by atoms with Gasteiger partial charge in [-0.1, -0.05) is 54.6 Å². The molecule has 182 valence electrons. The van der Waals surface area contributed by atoms with Crippen LogP contribution in [0, 0.1) is 6.92 Å². The summed E-state index contributed by atoms with van der Waals surface area (Å²) in [5.41, 5.74) is 2.86. The van der Waals surface area contributed by atoms with Crippen LogP contribution in [0.1, 0.15) is 49.2 Å². The van der Waals surface area contributed by atoms with Gasteiger partial charge >= 0.3 is 0 Å². The number of hydrogen-bond donors (Lipinski definition) is 1. The van der Waals surface area contributed by atoms with Crippen LogP contribution in [0.4, 0.5) is 0 Å². The minimum absolute atomic E-state index is 0.0152. The number of aromatic nitrogens is 3. The molecule has 0 spiro atoms. The lowest BCUT2D eigenvalue weighted by atomic mass is 9.96. The summed E-state index contributed by atoms with van der Waals surface area (Å²) in [7, 11) is 0. The molecule has 0 saturated heterocycles. The molecular weight excluding hydrogens is 458 g/mol. The van der Waals surface area contributed by atoms with Crippen LogP contribution in [0.25, 0.3) is 11.0 Å². The number of fused-ring (bicyclic) bond motifs is 1. The predicted molar refractivity (Wildman–Crippen MR) is 139 cm³/mol. The van der Waals surface area contributed by atoms with Crippen LogP contribution in [0.3, 0.4) is 0 Å². The number of carbonyl (C=O) groups excluding carboxylic acids is 2. The lowest BCUT2D eigenvalue weighted by molar-refractivity contribution is -0.142. The first-order valence-corrected chi connectivity index (χ1v) is 12.6. The maximum absolute atomic E-state index is 13.9. The van der Waals surface area contributed by atoms with Crippen LogP contribution < -0.4 is 5.32 Å². The van der Waals surface area contributed by atoms with Gasteiger partial charge in [0.15, 0.2) is 0 Å². The molecule has 1 atom stereocenters. The molecule has 2 amide bonds. The molecule has 2 aromatic heterocycles. The molecule has 0 fully saturated rings. The van der Waals surface area contributed by atoms with E-state index in [9.17, 15) is 9.59 Å². The third kappa shape index (κ3) is 5.59. The van der Waals surface area contributed by atoms with E-state index in [-0.39, 0.29) is 18.4 Å². The van der Waals surface area contributed by atoms with Crippen LogP contribution >= 0.6 is 11.3 Å². The number of thiophene rings is 1. The first-order chi connectivity index (χ1) is 16.8. The molecule has 2 aromatic carbocycles. The van der Waals surface area contributed by atoms with E-state index in [0.29, 0.717) is 6.54 Å². The van der Waals surface area contributed by atoms with Gasteiger partial charge in [-0.05, 0) is 61.9 Å². The summed E-state index contributed by atoms with van der Waals surface area (Å²) in [6.45, 7) is 8.30. The standard InChI is InChI=1S/C27H31N5O2S/c1-5-27(3,4)28-26(34)25(21-13-7-6-11-19(21)2)31(17-20-12-10-16-35-20)24(33)18-32-23-15-9-8-14-22(23)29-30-32/h6-16,25H,5,17-18H2,1-4H3,(H,28,34)/t25-/m1/s1. The number of amides is 2. The number of benzene rings is 2. The number of nitrogens with zero attached hydrogens (tertiary/aromatic N) is 4. The predicted octanol–water partition coefficient (Wildman–Crippen LogP) is 4.88. The fourth-order valence-corrected chi connectivity index (χ4v) is 4.68. The Morgan fingerprint density at radius 1 is 1.09 bits per heavy atom. The average molecular weight is 490 g/mol. The van der Waals surface area contributed by atoms with E-state index in [1.165, 1.54) is 0 Å². The zero-order valence-electron chi connectivity index (χ0n) is 20.6. The van der Waals surface area contributed by atoms with Gasteiger partial charge in [-0.25, -0.2) is 4.68 Å². The Labute approximate surface area is 209 Å². The molecule has 0 saturated carbocycles. The minimum Gasteiger partial charge on any atom is -0.349 e. The van der Waals surface area contributed by atoms with Crippen molar-refractivity contribution >= 4 is 34.2 Å². The molecule has 0 aliphatic rings. The van der Waals surface area contributed by atoms with Crippen LogP contribution in [-0.4, -0.2) is 37.2 Å². The van der Waals surface area contributed by atoms with Crippen LogP contribution in [0.15, 0.2) is 66.0 Å². The molecule has 35 heavy (non-hydrogen) atoms. The Bertz CT molecular complexity index is 1310. The van der Waals surface area contributed by atoms with Gasteiger partial charge in [0.25, 0.3) is 0 Å². The number of para-hydroxylation sites is 1. The first-order valence-electron chi connectivity index (χ1n) is 11.8. The highest BCUT2D eigenvalue weighted by Gasteiger charge is 2.35. The van der Waals surface area contributed by atoms with E-state index < -0.39 is 11.6 Å². The largest absolute Gasteiger partial charge is 0.349 e. The fraction of sp³-hybridized carbons (Fsp3) is 0.333. The zero-order valence-corrected chi connectivity index (χ0v) is 21.4. The zero-order chi connectivity index (χ0) is 25.0. The molecule has 1 N–H and O–H groups in total. The molecule has 8 heteroatoms. The molecule has 0 radical (unpaired) electrons. The summed E-state index contributed by atoms with van der Waals surface area (Å²) in [5.74, 6) is -0.397. The molecule has 4 rings (SSSR count). The van der Waals surface area contributed by atoms with Crippen molar-refractivity contribution in [3.63, 3.8) is 0 Å². The lowest BCUT2D eigenvalue weighted by Crippen LogP contribution is -2.50. The van der Waals surface area contributed by atoms with Crippen molar-refractivity contribution in [2.45, 2.75) is 58.8 Å². The number of hydrogen-bond acceptors (Lipinski definition) is 5. The summed E-state index contributed by atoms with van der Waals surface area (Å²) in [6.07, 6.45) is 0.767. The Morgan fingerprint density at radius 3 is 2.54 bits per heavy atom. The maximum Gasteiger partial charge on any atom is 0.247 e. The number of aryl methyl sites for hydroxylation is 1. The topological polar surface area (TPSA) is 80.1 Å². The van der Waals surface area contributed by atoms with Gasteiger partial charge < -0.3 is 10.2 Å². The van der Waals surface area contributed by atoms with Crippen molar-refractivity contribution in [2.24, 2.45) is 0 Å². The van der Waals surface area contributed by atoms with Crippen molar-refractivity contribution in [3.05, 3.63) is 82.0 Å². The van der Waals surface area contributed by atoms with E-state index in [4.69, 9.17) is 0 Å². The van der Waals surface area contributed by atoms with Crippen LogP contribution in [0.5, 0.6) is 0 Å². The van der Waals surface area contributed by atoms with E-state index in [0.717, 1.165) is 33.5 Å². The smallest absolute Gasteiger partial charge is 0.247 e. The molecule has 0 unspecified atom stereocenters. The van der Waals surface area contributed by atoms with E-state index >= 15 is 0 Å². The molecule has 2 heterocycles. The third-order valence-electron chi connectivity index (χ3n) is 6.32. The van der Waals surface area contributed by atoms with Crippen LogP contribution in [0.2, 0.25) is 0 Å². The minimum atomic E-state index is -0.786. The third-order valence-corrected chi connectivity index (χ3v) is 7.18. The second-order valence-electron chi connectivity index (χ2n) is 9.32. The van der Waals surface area contributed by atoms with Gasteiger partial charge in [0.2, 0.25) is 11.8 Å².